The summed E-state index contributed by atoms with van der Waals surface area (Å²) in [5.41, 5.74) is 1.40. The number of hydrogen-bond donors (Lipinski definition) is 0. The van der Waals surface area contributed by atoms with Crippen LogP contribution < -0.4 is 0 Å². The Morgan fingerprint density at radius 1 is 1.19 bits per heavy atom. The number of aromatic nitrogens is 2. The van der Waals surface area contributed by atoms with E-state index in [9.17, 15) is 0 Å². The molecule has 1 aromatic heterocycles. The Bertz CT molecular complexity index is 512. The number of imidazole rings is 1. The Morgan fingerprint density at radius 3 is 2.90 bits per heavy atom. The molecule has 0 amide bonds. The summed E-state index contributed by atoms with van der Waals surface area (Å²) in [7, 11) is 0. The van der Waals surface area contributed by atoms with E-state index in [1.54, 1.807) is 0 Å². The molecule has 4 heteroatoms. The Kier molecular flexibility index (Phi) is 5.03. The van der Waals surface area contributed by atoms with Crippen molar-refractivity contribution in [2.45, 2.75) is 25.5 Å². The maximum atomic E-state index is 5.91. The molecule has 1 aliphatic rings. The van der Waals surface area contributed by atoms with Gasteiger partial charge in [-0.2, -0.15) is 0 Å². The highest BCUT2D eigenvalue weighted by Crippen LogP contribution is 2.12. The number of nitrogens with zero attached hydrogens (tertiary/aromatic N) is 3. The summed E-state index contributed by atoms with van der Waals surface area (Å²) in [5.74, 6) is 0. The molecule has 0 bridgehead atoms. The van der Waals surface area contributed by atoms with Gasteiger partial charge in [-0.1, -0.05) is 30.3 Å². The van der Waals surface area contributed by atoms with Crippen LogP contribution >= 0.6 is 0 Å². The van der Waals surface area contributed by atoms with Crippen molar-refractivity contribution in [1.82, 2.24) is 14.5 Å². The van der Waals surface area contributed by atoms with Gasteiger partial charge in [0.25, 0.3) is 0 Å². The third-order valence-electron chi connectivity index (χ3n) is 4.05. The van der Waals surface area contributed by atoms with E-state index in [4.69, 9.17) is 4.74 Å². The Hall–Kier alpha value is -1.65. The minimum Gasteiger partial charge on any atom is -0.376 e. The van der Waals surface area contributed by atoms with Crippen LogP contribution in [0.4, 0.5) is 0 Å². The highest BCUT2D eigenvalue weighted by atomic mass is 16.5. The summed E-state index contributed by atoms with van der Waals surface area (Å²) in [6.45, 7) is 5.01. The quantitative estimate of drug-likeness (QED) is 0.815. The molecule has 3 rings (SSSR count). The third kappa shape index (κ3) is 4.41. The molecular formula is C17H23N3O. The predicted octanol–water partition coefficient (Wildman–Crippen LogP) is 2.22. The lowest BCUT2D eigenvalue weighted by Gasteiger charge is -2.33. The zero-order valence-corrected chi connectivity index (χ0v) is 12.4. The first kappa shape index (κ1) is 14.3. The first-order valence-electron chi connectivity index (χ1n) is 7.74. The lowest BCUT2D eigenvalue weighted by molar-refractivity contribution is -0.0325. The average Bonchev–Trinajstić information content (AvgIpc) is 3.06. The fourth-order valence-corrected chi connectivity index (χ4v) is 2.81. The van der Waals surface area contributed by atoms with E-state index in [2.05, 4.69) is 44.8 Å². The second kappa shape index (κ2) is 7.38. The molecule has 0 N–H and O–H groups in total. The fraction of sp³-hybridized carbons (Fsp3) is 0.471. The van der Waals surface area contributed by atoms with Crippen LogP contribution in [0.2, 0.25) is 0 Å². The molecule has 0 saturated carbocycles. The maximum Gasteiger partial charge on any atom is 0.0946 e. The Labute approximate surface area is 126 Å². The third-order valence-corrected chi connectivity index (χ3v) is 4.05. The Morgan fingerprint density at radius 2 is 2.10 bits per heavy atom. The monoisotopic (exact) mass is 285 g/mol. The molecule has 0 radical (unpaired) electrons. The van der Waals surface area contributed by atoms with E-state index in [1.165, 1.54) is 5.56 Å². The summed E-state index contributed by atoms with van der Waals surface area (Å²) < 4.78 is 8.04. The number of aryl methyl sites for hydroxylation is 1. The SMILES string of the molecule is c1ccc(CC[C@H]2CN(CCn3ccnc3)CCO2)cc1. The zero-order valence-electron chi connectivity index (χ0n) is 12.4. The summed E-state index contributed by atoms with van der Waals surface area (Å²) in [5, 5.41) is 0. The van der Waals surface area contributed by atoms with Crippen molar-refractivity contribution in [3.8, 4) is 0 Å². The second-order valence-corrected chi connectivity index (χ2v) is 5.62. The van der Waals surface area contributed by atoms with Crippen LogP contribution in [0.25, 0.3) is 0 Å². The highest BCUT2D eigenvalue weighted by molar-refractivity contribution is 5.14. The number of ether oxygens (including phenoxy) is 1. The van der Waals surface area contributed by atoms with Gasteiger partial charge in [-0.3, -0.25) is 4.90 Å². The minimum absolute atomic E-state index is 0.363. The van der Waals surface area contributed by atoms with Gasteiger partial charge in [0.05, 0.1) is 19.0 Å². The molecule has 1 saturated heterocycles. The molecule has 1 aliphatic heterocycles. The van der Waals surface area contributed by atoms with Crippen molar-refractivity contribution in [2.75, 3.05) is 26.2 Å². The van der Waals surface area contributed by atoms with Crippen LogP contribution in [-0.2, 0) is 17.7 Å². The minimum atomic E-state index is 0.363. The highest BCUT2D eigenvalue weighted by Gasteiger charge is 2.19. The van der Waals surface area contributed by atoms with Crippen LogP contribution in [0.3, 0.4) is 0 Å². The number of morpholine rings is 1. The van der Waals surface area contributed by atoms with E-state index < -0.39 is 0 Å². The fourth-order valence-electron chi connectivity index (χ4n) is 2.81. The van der Waals surface area contributed by atoms with Crippen molar-refractivity contribution in [2.24, 2.45) is 0 Å². The molecule has 112 valence electrons. The Balaban J connectivity index is 1.42. The number of benzene rings is 1. The topological polar surface area (TPSA) is 30.3 Å². The molecule has 4 nitrogen and oxygen atoms in total. The van der Waals surface area contributed by atoms with Crippen molar-refractivity contribution in [3.05, 3.63) is 54.6 Å². The van der Waals surface area contributed by atoms with Crippen LogP contribution in [0.15, 0.2) is 49.1 Å². The molecule has 21 heavy (non-hydrogen) atoms. The van der Waals surface area contributed by atoms with E-state index in [1.807, 2.05) is 18.7 Å². The van der Waals surface area contributed by atoms with Gasteiger partial charge in [0.15, 0.2) is 0 Å². The van der Waals surface area contributed by atoms with E-state index in [0.717, 1.165) is 45.6 Å². The summed E-state index contributed by atoms with van der Waals surface area (Å²) >= 11 is 0. The summed E-state index contributed by atoms with van der Waals surface area (Å²) in [4.78, 5) is 6.58. The lowest BCUT2D eigenvalue weighted by atomic mass is 10.1. The van der Waals surface area contributed by atoms with Gasteiger partial charge in [-0.25, -0.2) is 4.98 Å². The largest absolute Gasteiger partial charge is 0.376 e. The van der Waals surface area contributed by atoms with Crippen molar-refractivity contribution in [3.63, 3.8) is 0 Å². The number of hydrogen-bond acceptors (Lipinski definition) is 3. The predicted molar refractivity (Wildman–Crippen MR) is 83.2 cm³/mol. The van der Waals surface area contributed by atoms with E-state index >= 15 is 0 Å². The van der Waals surface area contributed by atoms with E-state index in [0.29, 0.717) is 6.10 Å². The van der Waals surface area contributed by atoms with Gasteiger partial charge in [-0.05, 0) is 18.4 Å². The number of rotatable bonds is 6. The van der Waals surface area contributed by atoms with Crippen LogP contribution in [0, 0.1) is 0 Å². The summed E-state index contributed by atoms with van der Waals surface area (Å²) in [6, 6.07) is 10.7. The van der Waals surface area contributed by atoms with Gasteiger partial charge in [0.1, 0.15) is 0 Å². The molecule has 0 spiro atoms. The van der Waals surface area contributed by atoms with Crippen LogP contribution in [-0.4, -0.2) is 46.8 Å². The molecule has 2 heterocycles. The molecule has 2 aromatic rings. The smallest absolute Gasteiger partial charge is 0.0946 e. The molecule has 0 unspecified atom stereocenters. The zero-order chi connectivity index (χ0) is 14.3. The van der Waals surface area contributed by atoms with Gasteiger partial charge < -0.3 is 9.30 Å². The standard InChI is InChI=1S/C17H23N3O/c1-2-4-16(5-3-1)6-7-17-14-19(12-13-21-17)10-11-20-9-8-18-15-20/h1-5,8-9,15,17H,6-7,10-14H2/t17-/m0/s1. The average molecular weight is 285 g/mol. The first-order valence-corrected chi connectivity index (χ1v) is 7.74. The summed E-state index contributed by atoms with van der Waals surface area (Å²) in [6.07, 6.45) is 8.30. The molecular weight excluding hydrogens is 262 g/mol. The van der Waals surface area contributed by atoms with Crippen LogP contribution in [0.5, 0.6) is 0 Å². The molecule has 1 atom stereocenters. The van der Waals surface area contributed by atoms with Crippen molar-refractivity contribution in [1.29, 1.82) is 0 Å². The van der Waals surface area contributed by atoms with Gasteiger partial charge in [0, 0.05) is 38.6 Å². The van der Waals surface area contributed by atoms with Gasteiger partial charge in [-0.15, -0.1) is 0 Å². The van der Waals surface area contributed by atoms with Gasteiger partial charge >= 0.3 is 0 Å². The normalized spacial score (nSPS) is 19.7. The molecule has 0 aliphatic carbocycles. The first-order chi connectivity index (χ1) is 10.4. The van der Waals surface area contributed by atoms with Crippen LogP contribution in [0.1, 0.15) is 12.0 Å². The van der Waals surface area contributed by atoms with Gasteiger partial charge in [0.2, 0.25) is 0 Å². The van der Waals surface area contributed by atoms with Crippen molar-refractivity contribution >= 4 is 0 Å². The lowest BCUT2D eigenvalue weighted by Crippen LogP contribution is -2.43. The van der Waals surface area contributed by atoms with Crippen molar-refractivity contribution < 1.29 is 4.74 Å². The maximum absolute atomic E-state index is 5.91. The molecule has 1 fully saturated rings. The second-order valence-electron chi connectivity index (χ2n) is 5.62. The molecule has 1 aromatic carbocycles. The van der Waals surface area contributed by atoms with E-state index in [-0.39, 0.29) is 0 Å².